The maximum atomic E-state index is 12.5. The Morgan fingerprint density at radius 2 is 1.89 bits per heavy atom. The van der Waals surface area contributed by atoms with Crippen molar-refractivity contribution >= 4 is 43.9 Å². The average molecular weight is 426 g/mol. The molecule has 0 aliphatic carbocycles. The Balaban J connectivity index is 1.68. The van der Waals surface area contributed by atoms with Crippen molar-refractivity contribution in [3.05, 3.63) is 30.0 Å². The minimum absolute atomic E-state index is 0.0968. The lowest BCUT2D eigenvalue weighted by molar-refractivity contribution is 0.122. The summed E-state index contributed by atoms with van der Waals surface area (Å²) < 4.78 is 31.7. The van der Waals surface area contributed by atoms with Crippen molar-refractivity contribution in [2.45, 2.75) is 11.1 Å². The summed E-state index contributed by atoms with van der Waals surface area (Å²) in [6.07, 6.45) is 0. The molecule has 0 atom stereocenters. The van der Waals surface area contributed by atoms with Crippen LogP contribution in [0.1, 0.15) is 5.69 Å². The monoisotopic (exact) mass is 425 g/mol. The number of hydrogen-bond acceptors (Lipinski definition) is 7. The Kier molecular flexibility index (Phi) is 6.18. The van der Waals surface area contributed by atoms with Crippen LogP contribution in [-0.2, 0) is 14.8 Å². The van der Waals surface area contributed by atoms with Gasteiger partial charge >= 0.3 is 6.03 Å². The van der Waals surface area contributed by atoms with Crippen LogP contribution in [0.2, 0.25) is 0 Å². The first kappa shape index (κ1) is 20.5. The highest BCUT2D eigenvalue weighted by Gasteiger charge is 2.23. The molecule has 1 aromatic carbocycles. The van der Waals surface area contributed by atoms with Gasteiger partial charge in [0.2, 0.25) is 0 Å². The highest BCUT2D eigenvalue weighted by molar-refractivity contribution is 7.91. The zero-order valence-corrected chi connectivity index (χ0v) is 17.6. The van der Waals surface area contributed by atoms with E-state index in [2.05, 4.69) is 19.9 Å². The number of carbonyl (C=O) groups excluding carboxylic acids is 1. The molecule has 152 valence electrons. The normalized spacial score (nSPS) is 14.8. The van der Waals surface area contributed by atoms with Crippen molar-refractivity contribution in [2.24, 2.45) is 0 Å². The fraction of sp³-hybridized carbons (Fsp3) is 0.412. The van der Waals surface area contributed by atoms with E-state index in [4.69, 9.17) is 4.74 Å². The van der Waals surface area contributed by atoms with Crippen LogP contribution in [0.4, 0.5) is 21.3 Å². The molecule has 2 amide bonds. The fourth-order valence-electron chi connectivity index (χ4n) is 2.73. The largest absolute Gasteiger partial charge is 0.378 e. The molecule has 1 saturated heterocycles. The first-order valence-corrected chi connectivity index (χ1v) is 11.0. The highest BCUT2D eigenvalue weighted by atomic mass is 32.2. The highest BCUT2D eigenvalue weighted by Crippen LogP contribution is 2.29. The standard InChI is InChI=1S/C17H23N5O4S2/c1-12-15(28(24,25)18-2)27-17(19-12)21(3)16(23)20-13-4-6-14(7-5-13)22-8-10-26-11-9-22/h4-7,18H,8-11H2,1-3H3,(H,20,23). The quantitative estimate of drug-likeness (QED) is 0.758. The topological polar surface area (TPSA) is 104 Å². The van der Waals surface area contributed by atoms with E-state index in [0.29, 0.717) is 29.7 Å². The molecule has 1 aliphatic rings. The van der Waals surface area contributed by atoms with E-state index in [9.17, 15) is 13.2 Å². The van der Waals surface area contributed by atoms with Crippen LogP contribution in [0.25, 0.3) is 0 Å². The van der Waals surface area contributed by atoms with Crippen LogP contribution < -0.4 is 19.8 Å². The van der Waals surface area contributed by atoms with E-state index in [1.165, 1.54) is 11.9 Å². The molecule has 2 aromatic rings. The number of morpholine rings is 1. The number of urea groups is 1. The number of thiazole rings is 1. The Labute approximate surface area is 168 Å². The van der Waals surface area contributed by atoms with Crippen LogP contribution in [0.15, 0.2) is 28.5 Å². The number of sulfonamides is 1. The van der Waals surface area contributed by atoms with Crippen molar-refractivity contribution in [3.8, 4) is 0 Å². The molecule has 2 N–H and O–H groups in total. The van der Waals surface area contributed by atoms with Gasteiger partial charge in [-0.1, -0.05) is 11.3 Å². The molecule has 0 unspecified atom stereocenters. The number of benzene rings is 1. The van der Waals surface area contributed by atoms with Gasteiger partial charge in [0.1, 0.15) is 0 Å². The minimum Gasteiger partial charge on any atom is -0.378 e. The lowest BCUT2D eigenvalue weighted by Gasteiger charge is -2.29. The summed E-state index contributed by atoms with van der Waals surface area (Å²) in [4.78, 5) is 20.3. The molecule has 2 heterocycles. The van der Waals surface area contributed by atoms with Gasteiger partial charge in [-0.25, -0.2) is 22.9 Å². The van der Waals surface area contributed by atoms with Crippen molar-refractivity contribution in [1.82, 2.24) is 9.71 Å². The molecule has 1 fully saturated rings. The predicted octanol–water partition coefficient (Wildman–Crippen LogP) is 1.86. The predicted molar refractivity (Wildman–Crippen MR) is 110 cm³/mol. The zero-order chi connectivity index (χ0) is 20.3. The number of aryl methyl sites for hydroxylation is 1. The van der Waals surface area contributed by atoms with E-state index < -0.39 is 16.1 Å². The molecule has 28 heavy (non-hydrogen) atoms. The van der Waals surface area contributed by atoms with Gasteiger partial charge < -0.3 is 15.0 Å². The van der Waals surface area contributed by atoms with Gasteiger partial charge in [-0.15, -0.1) is 0 Å². The number of nitrogens with one attached hydrogen (secondary N) is 2. The summed E-state index contributed by atoms with van der Waals surface area (Å²) in [5.74, 6) is 0. The second kappa shape index (κ2) is 8.43. The number of amides is 2. The Morgan fingerprint density at radius 1 is 1.25 bits per heavy atom. The van der Waals surface area contributed by atoms with Gasteiger partial charge in [-0.3, -0.25) is 4.90 Å². The summed E-state index contributed by atoms with van der Waals surface area (Å²) in [6.45, 7) is 4.70. The van der Waals surface area contributed by atoms with E-state index in [1.807, 2.05) is 24.3 Å². The van der Waals surface area contributed by atoms with Crippen LogP contribution in [0, 0.1) is 6.92 Å². The third-order valence-corrected chi connectivity index (χ3v) is 7.60. The number of ether oxygens (including phenoxy) is 1. The molecule has 0 radical (unpaired) electrons. The Bertz CT molecular complexity index is 937. The number of aromatic nitrogens is 1. The first-order valence-electron chi connectivity index (χ1n) is 8.70. The molecule has 1 aliphatic heterocycles. The molecule has 1 aromatic heterocycles. The first-order chi connectivity index (χ1) is 13.3. The van der Waals surface area contributed by atoms with E-state index in [0.717, 1.165) is 30.1 Å². The van der Waals surface area contributed by atoms with E-state index >= 15 is 0 Å². The van der Waals surface area contributed by atoms with Crippen LogP contribution in [0.3, 0.4) is 0 Å². The second-order valence-corrected chi connectivity index (χ2v) is 9.27. The summed E-state index contributed by atoms with van der Waals surface area (Å²) in [5.41, 5.74) is 2.07. The van der Waals surface area contributed by atoms with Gasteiger partial charge in [0.25, 0.3) is 10.0 Å². The van der Waals surface area contributed by atoms with Crippen LogP contribution in [-0.4, -0.2) is 59.8 Å². The zero-order valence-electron chi connectivity index (χ0n) is 15.9. The smallest absolute Gasteiger partial charge is 0.327 e. The van der Waals surface area contributed by atoms with E-state index in [1.54, 1.807) is 14.0 Å². The molecule has 11 heteroatoms. The Morgan fingerprint density at radius 3 is 2.50 bits per heavy atom. The van der Waals surface area contributed by atoms with Gasteiger partial charge in [0.05, 0.1) is 18.9 Å². The SMILES string of the molecule is CNS(=O)(=O)c1sc(N(C)C(=O)Nc2ccc(N3CCOCC3)cc2)nc1C. The lowest BCUT2D eigenvalue weighted by Crippen LogP contribution is -2.36. The second-order valence-electron chi connectivity index (χ2n) is 6.21. The van der Waals surface area contributed by atoms with Gasteiger partial charge in [-0.05, 0) is 38.2 Å². The number of nitrogens with zero attached hydrogens (tertiary/aromatic N) is 3. The number of carbonyl (C=O) groups is 1. The number of rotatable bonds is 5. The molecule has 0 spiro atoms. The van der Waals surface area contributed by atoms with Crippen LogP contribution >= 0.6 is 11.3 Å². The van der Waals surface area contributed by atoms with Crippen molar-refractivity contribution < 1.29 is 17.9 Å². The van der Waals surface area contributed by atoms with Crippen molar-refractivity contribution in [3.63, 3.8) is 0 Å². The average Bonchev–Trinajstić information content (AvgIpc) is 3.11. The molecule has 9 nitrogen and oxygen atoms in total. The maximum absolute atomic E-state index is 12.5. The van der Waals surface area contributed by atoms with Gasteiger partial charge in [-0.2, -0.15) is 0 Å². The summed E-state index contributed by atoms with van der Waals surface area (Å²) in [5, 5.41) is 3.10. The number of hydrogen-bond donors (Lipinski definition) is 2. The van der Waals surface area contributed by atoms with Crippen molar-refractivity contribution in [1.29, 1.82) is 0 Å². The van der Waals surface area contributed by atoms with Gasteiger partial charge in [0, 0.05) is 31.5 Å². The minimum atomic E-state index is -3.61. The van der Waals surface area contributed by atoms with Gasteiger partial charge in [0.15, 0.2) is 9.34 Å². The van der Waals surface area contributed by atoms with Crippen molar-refractivity contribution in [2.75, 3.05) is 55.5 Å². The fourth-order valence-corrected chi connectivity index (χ4v) is 5.02. The molecular weight excluding hydrogens is 402 g/mol. The molecule has 0 saturated carbocycles. The summed E-state index contributed by atoms with van der Waals surface area (Å²) >= 11 is 0.944. The lowest BCUT2D eigenvalue weighted by atomic mass is 10.2. The maximum Gasteiger partial charge on any atom is 0.327 e. The van der Waals surface area contributed by atoms with Crippen LogP contribution in [0.5, 0.6) is 0 Å². The Hall–Kier alpha value is -2.21. The third-order valence-electron chi connectivity index (χ3n) is 4.34. The third kappa shape index (κ3) is 4.43. The molecule has 3 rings (SSSR count). The molecular formula is C17H23N5O4S2. The number of anilines is 3. The summed E-state index contributed by atoms with van der Waals surface area (Å²) in [6, 6.07) is 7.17. The summed E-state index contributed by atoms with van der Waals surface area (Å²) in [7, 11) is -0.722. The van der Waals surface area contributed by atoms with E-state index in [-0.39, 0.29) is 4.21 Å². The molecule has 0 bridgehead atoms.